The summed E-state index contributed by atoms with van der Waals surface area (Å²) in [6, 6.07) is 0. The predicted molar refractivity (Wildman–Crippen MR) is 57.7 cm³/mol. The highest BCUT2D eigenvalue weighted by atomic mass is 14.5. The highest BCUT2D eigenvalue weighted by Gasteiger charge is 2.43. The molecule has 1 atom stereocenters. The Morgan fingerprint density at radius 1 is 1.23 bits per heavy atom. The van der Waals surface area contributed by atoms with Crippen LogP contribution in [0.3, 0.4) is 0 Å². The molecule has 0 N–H and O–H groups in total. The van der Waals surface area contributed by atoms with Crippen molar-refractivity contribution in [3.63, 3.8) is 0 Å². The first kappa shape index (κ1) is 9.55. The van der Waals surface area contributed by atoms with E-state index in [-0.39, 0.29) is 0 Å². The van der Waals surface area contributed by atoms with Gasteiger partial charge >= 0.3 is 0 Å². The highest BCUT2D eigenvalue weighted by molar-refractivity contribution is 4.94. The van der Waals surface area contributed by atoms with Crippen LogP contribution in [0.2, 0.25) is 0 Å². The largest absolute Gasteiger partial charge is 0.0654 e. The molecule has 0 aromatic heterocycles. The Labute approximate surface area is 83.1 Å². The van der Waals surface area contributed by atoms with E-state index in [1.807, 2.05) is 0 Å². The van der Waals surface area contributed by atoms with Gasteiger partial charge in [0.05, 0.1) is 0 Å². The van der Waals surface area contributed by atoms with Crippen LogP contribution in [0, 0.1) is 17.3 Å². The Kier molecular flexibility index (Phi) is 2.67. The van der Waals surface area contributed by atoms with Crippen molar-refractivity contribution in [2.75, 3.05) is 0 Å². The van der Waals surface area contributed by atoms with Crippen molar-refractivity contribution in [1.29, 1.82) is 0 Å². The molecule has 3 fully saturated rings. The summed E-state index contributed by atoms with van der Waals surface area (Å²) >= 11 is 0. The molecule has 1 unspecified atom stereocenters. The van der Waals surface area contributed by atoms with E-state index >= 15 is 0 Å². The van der Waals surface area contributed by atoms with Crippen molar-refractivity contribution >= 4 is 0 Å². The molecule has 3 rings (SSSR count). The molecular weight excluding hydrogens is 156 g/mol. The molecule has 0 aromatic rings. The summed E-state index contributed by atoms with van der Waals surface area (Å²) in [4.78, 5) is 0. The summed E-state index contributed by atoms with van der Waals surface area (Å²) in [6.45, 7) is 4.88. The number of rotatable bonds is 3. The Morgan fingerprint density at radius 2 is 1.92 bits per heavy atom. The molecule has 76 valence electrons. The molecule has 0 spiro atoms. The standard InChI is InChI=1S/C13H24/c1-3-4-5-12-10-11-6-8-13(12,2)9-7-11/h11-12H,3-10H2,1-2H3. The van der Waals surface area contributed by atoms with Gasteiger partial charge in [0, 0.05) is 0 Å². The summed E-state index contributed by atoms with van der Waals surface area (Å²) in [6.07, 6.45) is 12.1. The van der Waals surface area contributed by atoms with E-state index in [9.17, 15) is 0 Å². The molecule has 3 aliphatic rings. The monoisotopic (exact) mass is 180 g/mol. The van der Waals surface area contributed by atoms with Crippen LogP contribution in [-0.4, -0.2) is 0 Å². The van der Waals surface area contributed by atoms with Crippen LogP contribution >= 0.6 is 0 Å². The van der Waals surface area contributed by atoms with Gasteiger partial charge in [0.1, 0.15) is 0 Å². The molecule has 0 nitrogen and oxygen atoms in total. The van der Waals surface area contributed by atoms with Crippen LogP contribution in [0.1, 0.15) is 65.2 Å². The average molecular weight is 180 g/mol. The molecule has 2 bridgehead atoms. The molecule has 13 heavy (non-hydrogen) atoms. The number of unbranched alkanes of at least 4 members (excludes halogenated alkanes) is 1. The second-order valence-electron chi connectivity index (χ2n) is 5.67. The van der Waals surface area contributed by atoms with Crippen molar-refractivity contribution in [3.05, 3.63) is 0 Å². The van der Waals surface area contributed by atoms with E-state index in [2.05, 4.69) is 13.8 Å². The van der Waals surface area contributed by atoms with Gasteiger partial charge in [-0.2, -0.15) is 0 Å². The van der Waals surface area contributed by atoms with Gasteiger partial charge in [0.2, 0.25) is 0 Å². The van der Waals surface area contributed by atoms with Crippen molar-refractivity contribution in [2.45, 2.75) is 65.2 Å². The van der Waals surface area contributed by atoms with E-state index < -0.39 is 0 Å². The predicted octanol–water partition coefficient (Wildman–Crippen LogP) is 4.39. The number of hydrogen-bond acceptors (Lipinski definition) is 0. The maximum absolute atomic E-state index is 2.56. The van der Waals surface area contributed by atoms with Crippen molar-refractivity contribution < 1.29 is 0 Å². The maximum Gasteiger partial charge on any atom is -0.0297 e. The summed E-state index contributed by atoms with van der Waals surface area (Å²) < 4.78 is 0. The molecule has 3 aliphatic carbocycles. The number of hydrogen-bond donors (Lipinski definition) is 0. The molecule has 0 amide bonds. The van der Waals surface area contributed by atoms with Gasteiger partial charge in [0.25, 0.3) is 0 Å². The van der Waals surface area contributed by atoms with Crippen LogP contribution in [0.25, 0.3) is 0 Å². The normalized spacial score (nSPS) is 43.8. The van der Waals surface area contributed by atoms with Gasteiger partial charge in [-0.15, -0.1) is 0 Å². The first-order valence-corrected chi connectivity index (χ1v) is 6.24. The fraction of sp³-hybridized carbons (Fsp3) is 1.00. The maximum atomic E-state index is 2.56. The summed E-state index contributed by atoms with van der Waals surface area (Å²) in [5, 5.41) is 0. The summed E-state index contributed by atoms with van der Waals surface area (Å²) in [7, 11) is 0. The van der Waals surface area contributed by atoms with E-state index in [0.29, 0.717) is 0 Å². The van der Waals surface area contributed by atoms with Crippen molar-refractivity contribution in [1.82, 2.24) is 0 Å². The molecule has 0 heterocycles. The second kappa shape index (κ2) is 3.63. The fourth-order valence-electron chi connectivity index (χ4n) is 3.58. The lowest BCUT2D eigenvalue weighted by Crippen LogP contribution is -2.39. The van der Waals surface area contributed by atoms with Gasteiger partial charge < -0.3 is 0 Å². The molecule has 0 heteroatoms. The Bertz CT molecular complexity index is 163. The Morgan fingerprint density at radius 3 is 2.46 bits per heavy atom. The van der Waals surface area contributed by atoms with Gasteiger partial charge in [-0.25, -0.2) is 0 Å². The van der Waals surface area contributed by atoms with Crippen molar-refractivity contribution in [2.24, 2.45) is 17.3 Å². The Hall–Kier alpha value is 0. The third-order valence-electron chi connectivity index (χ3n) is 4.76. The fourth-order valence-corrected chi connectivity index (χ4v) is 3.58. The minimum atomic E-state index is 0.754. The summed E-state index contributed by atoms with van der Waals surface area (Å²) in [5.41, 5.74) is 0.754. The van der Waals surface area contributed by atoms with E-state index in [4.69, 9.17) is 0 Å². The lowest BCUT2D eigenvalue weighted by Gasteiger charge is -2.50. The molecule has 0 aliphatic heterocycles. The van der Waals surface area contributed by atoms with E-state index in [0.717, 1.165) is 17.3 Å². The van der Waals surface area contributed by atoms with Crippen molar-refractivity contribution in [3.8, 4) is 0 Å². The van der Waals surface area contributed by atoms with Crippen LogP contribution in [0.4, 0.5) is 0 Å². The SMILES string of the molecule is CCCCC1CC2CCC1(C)CC2. The quantitative estimate of drug-likeness (QED) is 0.604. The van der Waals surface area contributed by atoms with E-state index in [1.165, 1.54) is 32.1 Å². The zero-order valence-corrected chi connectivity index (χ0v) is 9.31. The lowest BCUT2D eigenvalue weighted by atomic mass is 9.55. The van der Waals surface area contributed by atoms with Gasteiger partial charge in [-0.05, 0) is 55.8 Å². The van der Waals surface area contributed by atoms with Gasteiger partial charge in [-0.3, -0.25) is 0 Å². The minimum absolute atomic E-state index is 0.754. The van der Waals surface area contributed by atoms with Crippen LogP contribution in [-0.2, 0) is 0 Å². The molecule has 0 saturated heterocycles. The first-order chi connectivity index (χ1) is 6.24. The van der Waals surface area contributed by atoms with Crippen LogP contribution in [0.5, 0.6) is 0 Å². The third-order valence-corrected chi connectivity index (χ3v) is 4.76. The molecule has 0 aromatic carbocycles. The zero-order valence-electron chi connectivity index (χ0n) is 9.31. The zero-order chi connectivity index (χ0) is 9.31. The number of fused-ring (bicyclic) bond motifs is 3. The average Bonchev–Trinajstić information content (AvgIpc) is 2.16. The van der Waals surface area contributed by atoms with Crippen LogP contribution < -0.4 is 0 Å². The molecule has 3 saturated carbocycles. The first-order valence-electron chi connectivity index (χ1n) is 6.24. The lowest BCUT2D eigenvalue weighted by molar-refractivity contribution is 0.00470. The topological polar surface area (TPSA) is 0 Å². The second-order valence-corrected chi connectivity index (χ2v) is 5.67. The molecule has 0 radical (unpaired) electrons. The highest BCUT2D eigenvalue weighted by Crippen LogP contribution is 2.54. The Balaban J connectivity index is 1.95. The van der Waals surface area contributed by atoms with Crippen LogP contribution in [0.15, 0.2) is 0 Å². The smallest absolute Gasteiger partial charge is 0.0297 e. The third kappa shape index (κ3) is 1.78. The van der Waals surface area contributed by atoms with E-state index in [1.54, 1.807) is 19.3 Å². The van der Waals surface area contributed by atoms with Gasteiger partial charge in [-0.1, -0.05) is 26.7 Å². The minimum Gasteiger partial charge on any atom is -0.0654 e. The van der Waals surface area contributed by atoms with Gasteiger partial charge in [0.15, 0.2) is 0 Å². The molecular formula is C13H24. The summed E-state index contributed by atoms with van der Waals surface area (Å²) in [5.74, 6) is 2.20.